The third kappa shape index (κ3) is 4.90. The number of alkyl halides is 3. The molecule has 3 fully saturated rings. The summed E-state index contributed by atoms with van der Waals surface area (Å²) in [6.07, 6.45) is -2.03. The van der Waals surface area contributed by atoms with Gasteiger partial charge in [0.25, 0.3) is 5.91 Å². The molecule has 14 heteroatoms. The molecule has 0 unspecified atom stereocenters. The lowest BCUT2D eigenvalue weighted by Gasteiger charge is -2.36. The Bertz CT molecular complexity index is 1650. The van der Waals surface area contributed by atoms with Gasteiger partial charge in [-0.15, -0.1) is 11.3 Å². The molecule has 3 aliphatic heterocycles. The summed E-state index contributed by atoms with van der Waals surface area (Å²) in [5.41, 5.74) is 1.45. The number of anilines is 2. The van der Waals surface area contributed by atoms with Crippen molar-refractivity contribution in [2.24, 2.45) is 0 Å². The van der Waals surface area contributed by atoms with Gasteiger partial charge in [-0.3, -0.25) is 4.79 Å². The Morgan fingerprint density at radius 3 is 2.54 bits per heavy atom. The zero-order valence-electron chi connectivity index (χ0n) is 21.7. The summed E-state index contributed by atoms with van der Waals surface area (Å²) in [5, 5.41) is 6.38. The van der Waals surface area contributed by atoms with E-state index in [1.54, 1.807) is 0 Å². The van der Waals surface area contributed by atoms with Gasteiger partial charge in [0.15, 0.2) is 9.84 Å². The van der Waals surface area contributed by atoms with Gasteiger partial charge in [0.05, 0.1) is 40.5 Å². The van der Waals surface area contributed by atoms with E-state index in [0.29, 0.717) is 42.6 Å². The molecule has 2 saturated heterocycles. The molecule has 3 aromatic rings. The average Bonchev–Trinajstić information content (AvgIpc) is 3.61. The standard InChI is InChI=1S/C27H26F3N5O4S2/c28-27(29,30)19-11-32-26(33-20-4-3-15(16-9-31-10-16)7-18(20)14-1-2-14)34-23(19)21-8-22-24(40-21)25(36)35(17-12-39-13-17)5-6-41(22,37)38/h3-4,7-8,11,14,16-17,31H,1-2,5-6,9-10,12-13H2,(H,32,33,34). The van der Waals surface area contributed by atoms with Gasteiger partial charge in [0.1, 0.15) is 10.4 Å². The molecule has 0 radical (unpaired) electrons. The molecule has 4 aliphatic rings. The van der Waals surface area contributed by atoms with Gasteiger partial charge in [-0.1, -0.05) is 12.1 Å². The van der Waals surface area contributed by atoms with Crippen molar-refractivity contribution in [1.29, 1.82) is 0 Å². The number of hydrogen-bond donors (Lipinski definition) is 2. The normalized spacial score (nSPS) is 21.1. The molecule has 2 N–H and O–H groups in total. The van der Waals surface area contributed by atoms with Crippen LogP contribution in [-0.2, 0) is 20.8 Å². The number of amides is 1. The van der Waals surface area contributed by atoms with Crippen molar-refractivity contribution in [3.8, 4) is 10.6 Å². The van der Waals surface area contributed by atoms with E-state index in [1.165, 1.54) is 10.5 Å². The average molecular weight is 606 g/mol. The number of carbonyl (C=O) groups is 1. The number of hydrogen-bond acceptors (Lipinski definition) is 9. The first-order valence-corrected chi connectivity index (χ1v) is 15.9. The first-order chi connectivity index (χ1) is 19.6. The van der Waals surface area contributed by atoms with E-state index >= 15 is 0 Å². The highest BCUT2D eigenvalue weighted by molar-refractivity contribution is 7.91. The number of ether oxygens (including phenoxy) is 1. The van der Waals surface area contributed by atoms with E-state index in [9.17, 15) is 26.4 Å². The van der Waals surface area contributed by atoms with Gasteiger partial charge in [-0.2, -0.15) is 13.2 Å². The second-order valence-corrected chi connectivity index (χ2v) is 14.0. The number of aromatic nitrogens is 2. The smallest absolute Gasteiger partial charge is 0.377 e. The summed E-state index contributed by atoms with van der Waals surface area (Å²) in [5.74, 6) is -0.0805. The van der Waals surface area contributed by atoms with Crippen molar-refractivity contribution < 1.29 is 31.1 Å². The highest BCUT2D eigenvalue weighted by atomic mass is 32.2. The maximum absolute atomic E-state index is 14.1. The van der Waals surface area contributed by atoms with Crippen molar-refractivity contribution in [1.82, 2.24) is 20.2 Å². The van der Waals surface area contributed by atoms with Gasteiger partial charge < -0.3 is 20.3 Å². The van der Waals surface area contributed by atoms with Crippen LogP contribution >= 0.6 is 11.3 Å². The third-order valence-electron chi connectivity index (χ3n) is 8.07. The summed E-state index contributed by atoms with van der Waals surface area (Å²) in [6.45, 7) is 2.41. The minimum Gasteiger partial charge on any atom is -0.377 e. The van der Waals surface area contributed by atoms with E-state index in [4.69, 9.17) is 4.74 Å². The van der Waals surface area contributed by atoms with E-state index in [-0.39, 0.29) is 38.9 Å². The van der Waals surface area contributed by atoms with Crippen LogP contribution in [0.5, 0.6) is 0 Å². The summed E-state index contributed by atoms with van der Waals surface area (Å²) in [7, 11) is -3.91. The molecule has 0 bridgehead atoms. The van der Waals surface area contributed by atoms with Gasteiger partial charge >= 0.3 is 6.18 Å². The van der Waals surface area contributed by atoms with Crippen molar-refractivity contribution in [2.75, 3.05) is 43.9 Å². The van der Waals surface area contributed by atoms with Gasteiger partial charge in [0, 0.05) is 37.4 Å². The molecule has 1 aromatic carbocycles. The molecule has 9 nitrogen and oxygen atoms in total. The minimum atomic E-state index is -4.80. The second kappa shape index (κ2) is 9.75. The number of carbonyl (C=O) groups excluding carboxylic acids is 1. The zero-order valence-corrected chi connectivity index (χ0v) is 23.3. The van der Waals surface area contributed by atoms with E-state index < -0.39 is 33.2 Å². The molecular weight excluding hydrogens is 579 g/mol. The molecule has 0 spiro atoms. The fourth-order valence-electron chi connectivity index (χ4n) is 5.35. The van der Waals surface area contributed by atoms with E-state index in [2.05, 4.69) is 26.7 Å². The molecular formula is C27H26F3N5O4S2. The largest absolute Gasteiger partial charge is 0.420 e. The maximum atomic E-state index is 14.1. The lowest BCUT2D eigenvalue weighted by Crippen LogP contribution is -2.52. The van der Waals surface area contributed by atoms with Crippen LogP contribution in [0.3, 0.4) is 0 Å². The SMILES string of the molecule is O=C1c2sc(-c3nc(Nc4ccc(C5CNC5)cc4C4CC4)ncc3C(F)(F)F)cc2S(=O)(=O)CCN1C1COC1. The first-order valence-electron chi connectivity index (χ1n) is 13.4. The predicted molar refractivity (Wildman–Crippen MR) is 145 cm³/mol. The molecule has 1 amide bonds. The Hall–Kier alpha value is -3.07. The van der Waals surface area contributed by atoms with Crippen LogP contribution in [0.4, 0.5) is 24.8 Å². The number of fused-ring (bicyclic) bond motifs is 1. The van der Waals surface area contributed by atoms with Crippen molar-refractivity contribution in [2.45, 2.75) is 41.8 Å². The van der Waals surface area contributed by atoms with E-state index in [1.807, 2.05) is 12.1 Å². The van der Waals surface area contributed by atoms with Crippen molar-refractivity contribution in [3.63, 3.8) is 0 Å². The molecule has 1 aliphatic carbocycles. The third-order valence-corrected chi connectivity index (χ3v) is 11.0. The molecule has 216 valence electrons. The monoisotopic (exact) mass is 605 g/mol. The zero-order chi connectivity index (χ0) is 28.5. The van der Waals surface area contributed by atoms with Crippen LogP contribution in [0.15, 0.2) is 35.4 Å². The summed E-state index contributed by atoms with van der Waals surface area (Å²) >= 11 is 0.710. The fraction of sp³-hybridized carbons (Fsp3) is 0.444. The van der Waals surface area contributed by atoms with Gasteiger partial charge in [-0.25, -0.2) is 18.4 Å². The van der Waals surface area contributed by atoms with Crippen LogP contribution in [0.25, 0.3) is 10.6 Å². The topological polar surface area (TPSA) is 114 Å². The fourth-order valence-corrected chi connectivity index (χ4v) is 8.26. The van der Waals surface area contributed by atoms with Crippen LogP contribution in [-0.4, -0.2) is 73.8 Å². The Balaban J connectivity index is 1.28. The van der Waals surface area contributed by atoms with Crippen molar-refractivity contribution in [3.05, 3.63) is 52.0 Å². The van der Waals surface area contributed by atoms with Crippen LogP contribution in [0.2, 0.25) is 0 Å². The quantitative estimate of drug-likeness (QED) is 0.431. The van der Waals surface area contributed by atoms with Gasteiger partial charge in [0.2, 0.25) is 5.95 Å². The summed E-state index contributed by atoms with van der Waals surface area (Å²) < 4.78 is 73.7. The predicted octanol–water partition coefficient (Wildman–Crippen LogP) is 4.16. The Morgan fingerprint density at radius 2 is 1.90 bits per heavy atom. The first kappa shape index (κ1) is 26.8. The number of benzene rings is 1. The minimum absolute atomic E-state index is 0.000674. The maximum Gasteiger partial charge on any atom is 0.420 e. The highest BCUT2D eigenvalue weighted by Crippen LogP contribution is 2.46. The number of nitrogens with zero attached hydrogens (tertiary/aromatic N) is 3. The molecule has 0 atom stereocenters. The van der Waals surface area contributed by atoms with Crippen LogP contribution < -0.4 is 10.6 Å². The number of rotatable bonds is 6. The lowest BCUT2D eigenvalue weighted by atomic mass is 9.91. The molecule has 7 rings (SSSR count). The Morgan fingerprint density at radius 1 is 1.12 bits per heavy atom. The molecule has 41 heavy (non-hydrogen) atoms. The number of nitrogens with one attached hydrogen (secondary N) is 2. The Kier molecular flexibility index (Phi) is 6.37. The molecule has 1 saturated carbocycles. The Labute approximate surface area is 238 Å². The van der Waals surface area contributed by atoms with E-state index in [0.717, 1.165) is 43.2 Å². The number of sulfone groups is 1. The number of thiophene rings is 1. The molecule has 2 aromatic heterocycles. The van der Waals surface area contributed by atoms with Crippen LogP contribution in [0, 0.1) is 0 Å². The van der Waals surface area contributed by atoms with Gasteiger partial charge in [-0.05, 0) is 42.0 Å². The lowest BCUT2D eigenvalue weighted by molar-refractivity contribution is -0.137. The second-order valence-electron chi connectivity index (χ2n) is 10.9. The van der Waals surface area contributed by atoms with Crippen LogP contribution in [0.1, 0.15) is 51.0 Å². The summed E-state index contributed by atoms with van der Waals surface area (Å²) in [6, 6.07) is 6.96. The van der Waals surface area contributed by atoms with Crippen molar-refractivity contribution >= 4 is 38.7 Å². The highest BCUT2D eigenvalue weighted by Gasteiger charge is 2.41. The summed E-state index contributed by atoms with van der Waals surface area (Å²) in [4.78, 5) is 22.6. The number of halogens is 3. The molecule has 5 heterocycles.